The molecule has 0 aliphatic carbocycles. The number of amides is 1. The van der Waals surface area contributed by atoms with Crippen molar-refractivity contribution < 1.29 is 19.0 Å². The van der Waals surface area contributed by atoms with Crippen molar-refractivity contribution in [1.29, 1.82) is 0 Å². The van der Waals surface area contributed by atoms with Crippen LogP contribution in [0.25, 0.3) is 0 Å². The maximum Gasteiger partial charge on any atom is 0.253 e. The second kappa shape index (κ2) is 9.57. The average Bonchev–Trinajstić information content (AvgIpc) is 2.46. The van der Waals surface area contributed by atoms with E-state index in [2.05, 4.69) is 5.32 Å². The van der Waals surface area contributed by atoms with Crippen molar-refractivity contribution in [1.82, 2.24) is 0 Å². The molecule has 0 heterocycles. The van der Waals surface area contributed by atoms with Crippen molar-refractivity contribution in [3.63, 3.8) is 0 Å². The van der Waals surface area contributed by atoms with Gasteiger partial charge in [-0.1, -0.05) is 11.6 Å². The first kappa shape index (κ1) is 17.7. The molecule has 7 heteroatoms. The van der Waals surface area contributed by atoms with E-state index in [1.54, 1.807) is 32.2 Å². The Kier molecular flexibility index (Phi) is 8.07. The zero-order valence-electron chi connectivity index (χ0n) is 12.2. The molecule has 0 aliphatic heterocycles. The normalized spacial score (nSPS) is 12.1. The second-order valence-electron chi connectivity index (χ2n) is 4.34. The Balaban J connectivity index is 2.32. The molecule has 6 nitrogen and oxygen atoms in total. The molecule has 0 aromatic heterocycles. The highest BCUT2D eigenvalue weighted by Crippen LogP contribution is 2.23. The van der Waals surface area contributed by atoms with Gasteiger partial charge in [0.2, 0.25) is 0 Å². The van der Waals surface area contributed by atoms with Gasteiger partial charge in [-0.3, -0.25) is 4.79 Å². The minimum Gasteiger partial charge on any atom is -0.397 e. The van der Waals surface area contributed by atoms with Crippen LogP contribution in [-0.4, -0.2) is 45.5 Å². The predicted molar refractivity (Wildman–Crippen MR) is 82.6 cm³/mol. The van der Waals surface area contributed by atoms with E-state index in [0.29, 0.717) is 42.8 Å². The number of hydrogen-bond donors (Lipinski definition) is 2. The highest BCUT2D eigenvalue weighted by atomic mass is 35.5. The van der Waals surface area contributed by atoms with Gasteiger partial charge in [-0.25, -0.2) is 0 Å². The average molecular weight is 317 g/mol. The Morgan fingerprint density at radius 1 is 1.33 bits per heavy atom. The maximum absolute atomic E-state index is 11.9. The van der Waals surface area contributed by atoms with Gasteiger partial charge in [0.15, 0.2) is 0 Å². The van der Waals surface area contributed by atoms with Crippen molar-refractivity contribution in [3.8, 4) is 0 Å². The lowest BCUT2D eigenvalue weighted by molar-refractivity contribution is -0.127. The molecule has 0 saturated heterocycles. The van der Waals surface area contributed by atoms with Crippen LogP contribution in [-0.2, 0) is 19.0 Å². The fraction of sp³-hybridized carbons (Fsp3) is 0.500. The van der Waals surface area contributed by atoms with Crippen molar-refractivity contribution >= 4 is 28.9 Å². The van der Waals surface area contributed by atoms with Crippen LogP contribution in [0.3, 0.4) is 0 Å². The Hall–Kier alpha value is -1.34. The van der Waals surface area contributed by atoms with E-state index in [9.17, 15) is 4.79 Å². The fourth-order valence-corrected chi connectivity index (χ4v) is 1.65. The van der Waals surface area contributed by atoms with E-state index in [1.807, 2.05) is 0 Å². The van der Waals surface area contributed by atoms with Crippen molar-refractivity contribution in [2.75, 3.05) is 44.6 Å². The molecule has 0 aliphatic rings. The molecule has 1 aromatic rings. The van der Waals surface area contributed by atoms with Gasteiger partial charge in [0, 0.05) is 12.1 Å². The van der Waals surface area contributed by atoms with Gasteiger partial charge in [-0.05, 0) is 25.1 Å². The molecule has 1 amide bonds. The standard InChI is InChI=1S/C14H21ClN2O4/c1-10(21-8-7-20-6-5-19-2)14(18)17-13-9-11(15)3-4-12(13)16/h3-4,9-10H,5-8,16H2,1-2H3,(H,17,18). The third-order valence-electron chi connectivity index (χ3n) is 2.67. The van der Waals surface area contributed by atoms with Crippen LogP contribution in [0.5, 0.6) is 0 Å². The number of ether oxygens (including phenoxy) is 3. The Morgan fingerprint density at radius 2 is 2.05 bits per heavy atom. The van der Waals surface area contributed by atoms with E-state index in [4.69, 9.17) is 31.5 Å². The van der Waals surface area contributed by atoms with Gasteiger partial charge in [-0.2, -0.15) is 0 Å². The van der Waals surface area contributed by atoms with Crippen LogP contribution in [0.4, 0.5) is 11.4 Å². The number of halogens is 1. The number of anilines is 2. The summed E-state index contributed by atoms with van der Waals surface area (Å²) in [4.78, 5) is 11.9. The van der Waals surface area contributed by atoms with E-state index < -0.39 is 6.10 Å². The second-order valence-corrected chi connectivity index (χ2v) is 4.78. The van der Waals surface area contributed by atoms with Crippen LogP contribution in [0.15, 0.2) is 18.2 Å². The molecule has 1 unspecified atom stereocenters. The number of rotatable bonds is 9. The number of benzene rings is 1. The molecule has 3 N–H and O–H groups in total. The van der Waals surface area contributed by atoms with Crippen molar-refractivity contribution in [3.05, 3.63) is 23.2 Å². The largest absolute Gasteiger partial charge is 0.397 e. The Morgan fingerprint density at radius 3 is 2.76 bits per heavy atom. The highest BCUT2D eigenvalue weighted by Gasteiger charge is 2.14. The van der Waals surface area contributed by atoms with E-state index >= 15 is 0 Å². The molecule has 0 bridgehead atoms. The SMILES string of the molecule is COCCOCCOC(C)C(=O)Nc1cc(Cl)ccc1N. The summed E-state index contributed by atoms with van der Waals surface area (Å²) in [5, 5.41) is 3.18. The molecule has 0 radical (unpaired) electrons. The number of methoxy groups -OCH3 is 1. The van der Waals surface area contributed by atoms with E-state index in [0.717, 1.165) is 0 Å². The van der Waals surface area contributed by atoms with Gasteiger partial charge in [-0.15, -0.1) is 0 Å². The third kappa shape index (κ3) is 6.77. The predicted octanol–water partition coefficient (Wildman–Crippen LogP) is 1.93. The zero-order valence-corrected chi connectivity index (χ0v) is 13.0. The molecule has 21 heavy (non-hydrogen) atoms. The lowest BCUT2D eigenvalue weighted by Crippen LogP contribution is -2.29. The molecule has 118 valence electrons. The summed E-state index contributed by atoms with van der Waals surface area (Å²) in [6.07, 6.45) is -0.616. The van der Waals surface area contributed by atoms with E-state index in [-0.39, 0.29) is 5.91 Å². The summed E-state index contributed by atoms with van der Waals surface area (Å²) in [6.45, 7) is 3.42. The van der Waals surface area contributed by atoms with Crippen LogP contribution < -0.4 is 11.1 Å². The number of nitrogens with two attached hydrogens (primary N) is 1. The molecular weight excluding hydrogens is 296 g/mol. The number of nitrogens with one attached hydrogen (secondary N) is 1. The van der Waals surface area contributed by atoms with Crippen LogP contribution in [0.2, 0.25) is 5.02 Å². The highest BCUT2D eigenvalue weighted by molar-refractivity contribution is 6.31. The van der Waals surface area contributed by atoms with Gasteiger partial charge in [0.1, 0.15) is 6.10 Å². The van der Waals surface area contributed by atoms with E-state index in [1.165, 1.54) is 0 Å². The summed E-state index contributed by atoms with van der Waals surface area (Å²) in [7, 11) is 1.60. The maximum atomic E-state index is 11.9. The molecule has 0 saturated carbocycles. The number of hydrogen-bond acceptors (Lipinski definition) is 5. The smallest absolute Gasteiger partial charge is 0.253 e. The number of carbonyl (C=O) groups is 1. The van der Waals surface area contributed by atoms with Gasteiger partial charge in [0.25, 0.3) is 5.91 Å². The molecule has 0 fully saturated rings. The first-order valence-corrected chi connectivity index (χ1v) is 6.96. The lowest BCUT2D eigenvalue weighted by atomic mass is 10.2. The monoisotopic (exact) mass is 316 g/mol. The fourth-order valence-electron chi connectivity index (χ4n) is 1.47. The molecule has 1 aromatic carbocycles. The van der Waals surface area contributed by atoms with Crippen molar-refractivity contribution in [2.45, 2.75) is 13.0 Å². The summed E-state index contributed by atoms with van der Waals surface area (Å²) < 4.78 is 15.5. The van der Waals surface area contributed by atoms with Crippen LogP contribution >= 0.6 is 11.6 Å². The molecule has 1 atom stereocenters. The minimum absolute atomic E-state index is 0.291. The quantitative estimate of drug-likeness (QED) is 0.537. The van der Waals surface area contributed by atoms with Gasteiger partial charge < -0.3 is 25.3 Å². The van der Waals surface area contributed by atoms with Gasteiger partial charge in [0.05, 0.1) is 37.8 Å². The van der Waals surface area contributed by atoms with Crippen molar-refractivity contribution in [2.24, 2.45) is 0 Å². The summed E-state index contributed by atoms with van der Waals surface area (Å²) in [6, 6.07) is 4.88. The molecule has 1 rings (SSSR count). The first-order valence-electron chi connectivity index (χ1n) is 6.58. The molecular formula is C14H21ClN2O4. The van der Waals surface area contributed by atoms with Crippen LogP contribution in [0, 0.1) is 0 Å². The number of carbonyl (C=O) groups excluding carboxylic acids is 1. The van der Waals surface area contributed by atoms with Gasteiger partial charge >= 0.3 is 0 Å². The summed E-state index contributed by atoms with van der Waals surface area (Å²) in [5.74, 6) is -0.291. The minimum atomic E-state index is -0.616. The topological polar surface area (TPSA) is 82.8 Å². The first-order chi connectivity index (χ1) is 10.0. The number of nitrogen functional groups attached to an aromatic ring is 1. The summed E-state index contributed by atoms with van der Waals surface area (Å²) in [5.41, 5.74) is 6.68. The summed E-state index contributed by atoms with van der Waals surface area (Å²) >= 11 is 5.86. The van der Waals surface area contributed by atoms with Crippen LogP contribution in [0.1, 0.15) is 6.92 Å². The zero-order chi connectivity index (χ0) is 15.7. The third-order valence-corrected chi connectivity index (χ3v) is 2.90. The lowest BCUT2D eigenvalue weighted by Gasteiger charge is -2.14. The Bertz CT molecular complexity index is 457. The Labute approximate surface area is 129 Å². The molecule has 0 spiro atoms.